The zero-order valence-corrected chi connectivity index (χ0v) is 13.7. The molecule has 0 aromatic heterocycles. The van der Waals surface area contributed by atoms with Crippen LogP contribution in [0.2, 0.25) is 0 Å². The topological polar surface area (TPSA) is 58.4 Å². The average Bonchev–Trinajstić information content (AvgIpc) is 2.77. The molecule has 5 heteroatoms. The number of nitrogens with one attached hydrogen (secondary N) is 1. The monoisotopic (exact) mass is 305 g/mol. The van der Waals surface area contributed by atoms with E-state index >= 15 is 0 Å². The normalized spacial score (nSPS) is 19.2. The van der Waals surface area contributed by atoms with Crippen molar-refractivity contribution < 1.29 is 4.79 Å². The minimum absolute atomic E-state index is 0.0197. The van der Waals surface area contributed by atoms with Crippen LogP contribution in [0.1, 0.15) is 39.2 Å². The van der Waals surface area contributed by atoms with Crippen molar-refractivity contribution in [1.29, 1.82) is 0 Å². The first kappa shape index (κ1) is 15.9. The molecule has 1 fully saturated rings. The summed E-state index contributed by atoms with van der Waals surface area (Å²) in [7, 11) is 0. The maximum atomic E-state index is 12.5. The van der Waals surface area contributed by atoms with E-state index in [0.717, 1.165) is 19.4 Å². The third-order valence-corrected chi connectivity index (χ3v) is 4.48. The highest BCUT2D eigenvalue weighted by Crippen LogP contribution is 2.30. The van der Waals surface area contributed by atoms with Gasteiger partial charge in [0.25, 0.3) is 0 Å². The van der Waals surface area contributed by atoms with Gasteiger partial charge in [-0.1, -0.05) is 24.4 Å². The molecule has 1 atom stereocenters. The van der Waals surface area contributed by atoms with Crippen molar-refractivity contribution in [2.24, 2.45) is 5.73 Å². The van der Waals surface area contributed by atoms with Gasteiger partial charge < -0.3 is 11.1 Å². The molecule has 114 valence electrons. The maximum Gasteiger partial charge on any atom is 0.241 e. The molecule has 21 heavy (non-hydrogen) atoms. The van der Waals surface area contributed by atoms with Crippen LogP contribution in [0.3, 0.4) is 0 Å². The fourth-order valence-corrected chi connectivity index (χ4v) is 3.21. The molecule has 0 radical (unpaired) electrons. The van der Waals surface area contributed by atoms with E-state index in [1.165, 1.54) is 0 Å². The molecule has 1 heterocycles. The Balaban J connectivity index is 2.13. The zero-order valence-electron chi connectivity index (χ0n) is 12.8. The standard InChI is InChI=1S/C16H23N3OS/c1-11(19-10-6-9-16(19,2)3)15(20)18-13-8-5-4-7-12(13)14(17)21/h4-5,7-8,11H,6,9-10H2,1-3H3,(H2,17,21)(H,18,20). The summed E-state index contributed by atoms with van der Waals surface area (Å²) in [5, 5.41) is 2.96. The summed E-state index contributed by atoms with van der Waals surface area (Å²) < 4.78 is 0. The third kappa shape index (κ3) is 3.41. The lowest BCUT2D eigenvalue weighted by atomic mass is 10.0. The maximum absolute atomic E-state index is 12.5. The van der Waals surface area contributed by atoms with Crippen LogP contribution in [0, 0.1) is 0 Å². The SMILES string of the molecule is CC(C(=O)Nc1ccccc1C(N)=S)N1CCCC1(C)C. The molecule has 1 saturated heterocycles. The summed E-state index contributed by atoms with van der Waals surface area (Å²) in [5.41, 5.74) is 7.15. The number of hydrogen-bond donors (Lipinski definition) is 2. The van der Waals surface area contributed by atoms with Gasteiger partial charge in [0.05, 0.1) is 11.7 Å². The molecule has 1 aromatic carbocycles. The summed E-state index contributed by atoms with van der Waals surface area (Å²) in [5.74, 6) is -0.0197. The molecule has 1 unspecified atom stereocenters. The molecule has 0 bridgehead atoms. The number of anilines is 1. The van der Waals surface area contributed by atoms with Gasteiger partial charge in [-0.2, -0.15) is 0 Å². The van der Waals surface area contributed by atoms with Gasteiger partial charge in [0.2, 0.25) is 5.91 Å². The van der Waals surface area contributed by atoms with E-state index < -0.39 is 0 Å². The van der Waals surface area contributed by atoms with Crippen LogP contribution in [-0.4, -0.2) is 33.9 Å². The van der Waals surface area contributed by atoms with Crippen LogP contribution in [0.5, 0.6) is 0 Å². The quantitative estimate of drug-likeness (QED) is 0.839. The summed E-state index contributed by atoms with van der Waals surface area (Å²) >= 11 is 5.03. The van der Waals surface area contributed by atoms with Crippen LogP contribution in [0.25, 0.3) is 0 Å². The Morgan fingerprint density at radius 3 is 2.67 bits per heavy atom. The number of para-hydroxylation sites is 1. The van der Waals surface area contributed by atoms with Gasteiger partial charge in [0.1, 0.15) is 4.99 Å². The van der Waals surface area contributed by atoms with E-state index in [4.69, 9.17) is 18.0 Å². The van der Waals surface area contributed by atoms with Crippen molar-refractivity contribution in [2.75, 3.05) is 11.9 Å². The lowest BCUT2D eigenvalue weighted by Gasteiger charge is -2.35. The van der Waals surface area contributed by atoms with Crippen LogP contribution in [0.4, 0.5) is 5.69 Å². The highest BCUT2D eigenvalue weighted by molar-refractivity contribution is 7.80. The van der Waals surface area contributed by atoms with Crippen LogP contribution in [-0.2, 0) is 4.79 Å². The van der Waals surface area contributed by atoms with Crippen molar-refractivity contribution in [1.82, 2.24) is 4.90 Å². The number of carbonyl (C=O) groups excluding carboxylic acids is 1. The molecule has 4 nitrogen and oxygen atoms in total. The Hall–Kier alpha value is -1.46. The molecular formula is C16H23N3OS. The summed E-state index contributed by atoms with van der Waals surface area (Å²) in [6, 6.07) is 7.19. The minimum Gasteiger partial charge on any atom is -0.389 e. The second kappa shape index (κ2) is 6.12. The molecule has 1 amide bonds. The van der Waals surface area contributed by atoms with E-state index in [0.29, 0.717) is 16.2 Å². The molecular weight excluding hydrogens is 282 g/mol. The average molecular weight is 305 g/mol. The lowest BCUT2D eigenvalue weighted by Crippen LogP contribution is -2.49. The predicted molar refractivity (Wildman–Crippen MR) is 90.4 cm³/mol. The molecule has 0 spiro atoms. The number of amides is 1. The zero-order chi connectivity index (χ0) is 15.6. The van der Waals surface area contributed by atoms with E-state index in [9.17, 15) is 4.79 Å². The van der Waals surface area contributed by atoms with Gasteiger partial charge in [-0.05, 0) is 52.3 Å². The van der Waals surface area contributed by atoms with Gasteiger partial charge in [-0.25, -0.2) is 0 Å². The van der Waals surface area contributed by atoms with E-state index in [1.807, 2.05) is 31.2 Å². The second-order valence-electron chi connectivity index (χ2n) is 6.18. The Labute approximate surface area is 131 Å². The smallest absolute Gasteiger partial charge is 0.241 e. The molecule has 1 aromatic rings. The van der Waals surface area contributed by atoms with Crippen molar-refractivity contribution >= 4 is 28.8 Å². The van der Waals surface area contributed by atoms with Gasteiger partial charge in [0.15, 0.2) is 0 Å². The lowest BCUT2D eigenvalue weighted by molar-refractivity contribution is -0.122. The highest BCUT2D eigenvalue weighted by Gasteiger charge is 2.37. The number of hydrogen-bond acceptors (Lipinski definition) is 3. The molecule has 1 aliphatic heterocycles. The summed E-state index contributed by atoms with van der Waals surface area (Å²) in [6.45, 7) is 7.28. The van der Waals surface area contributed by atoms with E-state index in [2.05, 4.69) is 24.1 Å². The number of rotatable bonds is 4. The first-order chi connectivity index (χ1) is 9.83. The first-order valence-electron chi connectivity index (χ1n) is 7.29. The fourth-order valence-electron chi connectivity index (χ4n) is 3.03. The molecule has 0 aliphatic carbocycles. The minimum atomic E-state index is -0.179. The number of thiocarbonyl (C=S) groups is 1. The molecule has 0 saturated carbocycles. The summed E-state index contributed by atoms with van der Waals surface area (Å²) in [6.07, 6.45) is 2.25. The Kier molecular flexibility index (Phi) is 4.64. The van der Waals surface area contributed by atoms with Crippen LogP contribution in [0.15, 0.2) is 24.3 Å². The van der Waals surface area contributed by atoms with Crippen LogP contribution < -0.4 is 11.1 Å². The molecule has 3 N–H and O–H groups in total. The Bertz CT molecular complexity index is 556. The van der Waals surface area contributed by atoms with Gasteiger partial charge in [-0.15, -0.1) is 0 Å². The van der Waals surface area contributed by atoms with Crippen LogP contribution >= 0.6 is 12.2 Å². The first-order valence-corrected chi connectivity index (χ1v) is 7.70. The molecule has 2 rings (SSSR count). The Morgan fingerprint density at radius 1 is 1.43 bits per heavy atom. The highest BCUT2D eigenvalue weighted by atomic mass is 32.1. The number of nitrogens with two attached hydrogens (primary N) is 1. The number of likely N-dealkylation sites (tertiary alicyclic amines) is 1. The van der Waals surface area contributed by atoms with E-state index in [1.54, 1.807) is 0 Å². The predicted octanol–water partition coefficient (Wildman–Crippen LogP) is 2.52. The van der Waals surface area contributed by atoms with E-state index in [-0.39, 0.29) is 17.5 Å². The van der Waals surface area contributed by atoms with Crippen molar-refractivity contribution in [3.63, 3.8) is 0 Å². The second-order valence-corrected chi connectivity index (χ2v) is 6.62. The van der Waals surface area contributed by atoms with Gasteiger partial charge >= 0.3 is 0 Å². The van der Waals surface area contributed by atoms with Crippen molar-refractivity contribution in [2.45, 2.75) is 45.2 Å². The molecule has 1 aliphatic rings. The summed E-state index contributed by atoms with van der Waals surface area (Å²) in [4.78, 5) is 15.1. The van der Waals surface area contributed by atoms with Crippen molar-refractivity contribution in [3.05, 3.63) is 29.8 Å². The van der Waals surface area contributed by atoms with Gasteiger partial charge in [-0.3, -0.25) is 9.69 Å². The number of carbonyl (C=O) groups is 1. The number of benzene rings is 1. The largest absolute Gasteiger partial charge is 0.389 e. The van der Waals surface area contributed by atoms with Crippen molar-refractivity contribution in [3.8, 4) is 0 Å². The third-order valence-electron chi connectivity index (χ3n) is 4.26. The Morgan fingerprint density at radius 2 is 2.10 bits per heavy atom. The number of nitrogens with zero attached hydrogens (tertiary/aromatic N) is 1. The van der Waals surface area contributed by atoms with Gasteiger partial charge in [0, 0.05) is 11.1 Å². The fraction of sp³-hybridized carbons (Fsp3) is 0.500.